The number of aromatic nitrogens is 2. The lowest BCUT2D eigenvalue weighted by Crippen LogP contribution is -2.50. The van der Waals surface area contributed by atoms with Crippen molar-refractivity contribution in [2.24, 2.45) is 0 Å². The molecule has 3 heterocycles. The number of piperazine rings is 1. The minimum atomic E-state index is -0.120. The maximum absolute atomic E-state index is 12.5. The van der Waals surface area contributed by atoms with E-state index in [4.69, 9.17) is 4.42 Å². The molecule has 1 saturated heterocycles. The lowest BCUT2D eigenvalue weighted by molar-refractivity contribution is -0.132. The Hall–Kier alpha value is -3.35. The van der Waals surface area contributed by atoms with E-state index in [-0.39, 0.29) is 11.8 Å². The van der Waals surface area contributed by atoms with E-state index < -0.39 is 0 Å². The van der Waals surface area contributed by atoms with Crippen LogP contribution in [0.3, 0.4) is 0 Å². The number of hydrogen-bond acceptors (Lipinski definition) is 4. The smallest absolute Gasteiger partial charge is 0.289 e. The summed E-state index contributed by atoms with van der Waals surface area (Å²) in [4.78, 5) is 28.4. The maximum atomic E-state index is 12.5. The number of carbonyl (C=O) groups excluding carboxylic acids is 2. The van der Waals surface area contributed by atoms with Gasteiger partial charge in [0.25, 0.3) is 5.91 Å². The lowest BCUT2D eigenvalue weighted by atomic mass is 10.1. The van der Waals surface area contributed by atoms with Crippen molar-refractivity contribution in [3.8, 4) is 5.69 Å². The molecule has 0 N–H and O–H groups in total. The Morgan fingerprint density at radius 2 is 1.71 bits per heavy atom. The van der Waals surface area contributed by atoms with Crippen molar-refractivity contribution in [1.29, 1.82) is 0 Å². The van der Waals surface area contributed by atoms with Crippen LogP contribution in [0.4, 0.5) is 0 Å². The first-order chi connectivity index (χ1) is 13.7. The zero-order chi connectivity index (χ0) is 19.3. The largest absolute Gasteiger partial charge is 0.459 e. The van der Waals surface area contributed by atoms with E-state index in [0.29, 0.717) is 44.8 Å². The van der Waals surface area contributed by atoms with Gasteiger partial charge < -0.3 is 14.2 Å². The molecule has 0 aliphatic carbocycles. The first kappa shape index (κ1) is 18.0. The number of carbonyl (C=O) groups is 2. The van der Waals surface area contributed by atoms with Crippen molar-refractivity contribution in [3.05, 3.63) is 72.4 Å². The molecule has 2 amide bonds. The van der Waals surface area contributed by atoms with Gasteiger partial charge in [-0.25, -0.2) is 4.68 Å². The molecule has 1 aromatic carbocycles. The molecule has 7 heteroatoms. The van der Waals surface area contributed by atoms with Gasteiger partial charge in [0, 0.05) is 38.8 Å². The van der Waals surface area contributed by atoms with E-state index in [1.54, 1.807) is 23.2 Å². The summed E-state index contributed by atoms with van der Waals surface area (Å²) in [7, 11) is 0. The Morgan fingerprint density at radius 3 is 2.43 bits per heavy atom. The number of aryl methyl sites for hydroxylation is 1. The second kappa shape index (κ2) is 8.12. The summed E-state index contributed by atoms with van der Waals surface area (Å²) in [6.07, 6.45) is 6.35. The van der Waals surface area contributed by atoms with Crippen LogP contribution in [0.5, 0.6) is 0 Å². The maximum Gasteiger partial charge on any atom is 0.289 e. The lowest BCUT2D eigenvalue weighted by Gasteiger charge is -2.34. The number of amides is 2. The van der Waals surface area contributed by atoms with Gasteiger partial charge in [0.15, 0.2) is 5.76 Å². The van der Waals surface area contributed by atoms with E-state index >= 15 is 0 Å². The first-order valence-corrected chi connectivity index (χ1v) is 9.40. The molecule has 4 rings (SSSR count). The van der Waals surface area contributed by atoms with Gasteiger partial charge in [-0.15, -0.1) is 0 Å². The number of para-hydroxylation sites is 1. The average Bonchev–Trinajstić information content (AvgIpc) is 3.44. The van der Waals surface area contributed by atoms with Crippen LogP contribution < -0.4 is 0 Å². The number of hydrogen-bond donors (Lipinski definition) is 0. The number of nitrogens with zero attached hydrogens (tertiary/aromatic N) is 4. The molecule has 1 fully saturated rings. The van der Waals surface area contributed by atoms with Crippen LogP contribution in [0.2, 0.25) is 0 Å². The Kier molecular flexibility index (Phi) is 5.23. The second-order valence-electron chi connectivity index (χ2n) is 6.78. The van der Waals surface area contributed by atoms with E-state index in [1.165, 1.54) is 6.26 Å². The fraction of sp³-hybridized carbons (Fsp3) is 0.286. The van der Waals surface area contributed by atoms with Gasteiger partial charge in [-0.05, 0) is 36.2 Å². The fourth-order valence-corrected chi connectivity index (χ4v) is 3.34. The minimum Gasteiger partial charge on any atom is -0.459 e. The monoisotopic (exact) mass is 378 g/mol. The summed E-state index contributed by atoms with van der Waals surface area (Å²) in [6, 6.07) is 13.3. The molecule has 2 aromatic heterocycles. The van der Waals surface area contributed by atoms with Gasteiger partial charge >= 0.3 is 0 Å². The predicted molar refractivity (Wildman–Crippen MR) is 103 cm³/mol. The molecule has 28 heavy (non-hydrogen) atoms. The molecule has 0 spiro atoms. The fourth-order valence-electron chi connectivity index (χ4n) is 3.34. The summed E-state index contributed by atoms with van der Waals surface area (Å²) in [5, 5.41) is 4.37. The van der Waals surface area contributed by atoms with Crippen LogP contribution in [0.1, 0.15) is 22.5 Å². The summed E-state index contributed by atoms with van der Waals surface area (Å²) < 4.78 is 6.98. The molecule has 0 radical (unpaired) electrons. The van der Waals surface area contributed by atoms with Gasteiger partial charge in [0.1, 0.15) is 0 Å². The van der Waals surface area contributed by atoms with Crippen LogP contribution in [0, 0.1) is 0 Å². The summed E-state index contributed by atoms with van der Waals surface area (Å²) in [5.41, 5.74) is 2.03. The Morgan fingerprint density at radius 1 is 0.964 bits per heavy atom. The van der Waals surface area contributed by atoms with Gasteiger partial charge in [-0.3, -0.25) is 9.59 Å². The third-order valence-corrected chi connectivity index (χ3v) is 4.94. The molecule has 0 unspecified atom stereocenters. The Labute approximate surface area is 163 Å². The molecule has 3 aromatic rings. The molecule has 0 saturated carbocycles. The van der Waals surface area contributed by atoms with E-state index in [1.807, 2.05) is 46.1 Å². The molecular weight excluding hydrogens is 356 g/mol. The highest BCUT2D eigenvalue weighted by atomic mass is 16.3. The Bertz CT molecular complexity index is 926. The van der Waals surface area contributed by atoms with Crippen molar-refractivity contribution in [2.75, 3.05) is 26.2 Å². The highest BCUT2D eigenvalue weighted by Crippen LogP contribution is 2.13. The third-order valence-electron chi connectivity index (χ3n) is 4.94. The van der Waals surface area contributed by atoms with Crippen LogP contribution in [-0.4, -0.2) is 57.6 Å². The molecule has 144 valence electrons. The second-order valence-corrected chi connectivity index (χ2v) is 6.78. The van der Waals surface area contributed by atoms with E-state index in [9.17, 15) is 9.59 Å². The molecular formula is C21H22N4O3. The van der Waals surface area contributed by atoms with E-state index in [2.05, 4.69) is 5.10 Å². The van der Waals surface area contributed by atoms with Crippen LogP contribution in [0.15, 0.2) is 65.5 Å². The highest BCUT2D eigenvalue weighted by Gasteiger charge is 2.25. The van der Waals surface area contributed by atoms with Crippen molar-refractivity contribution in [3.63, 3.8) is 0 Å². The van der Waals surface area contributed by atoms with Gasteiger partial charge in [-0.2, -0.15) is 5.10 Å². The standard InChI is InChI=1S/C21H22N4O3/c26-20(9-8-17-15-22-25(16-17)18-5-2-1-3-6-18)23-10-12-24(13-11-23)21(27)19-7-4-14-28-19/h1-7,14-16H,8-13H2. The molecule has 7 nitrogen and oxygen atoms in total. The average molecular weight is 378 g/mol. The topological polar surface area (TPSA) is 71.6 Å². The summed E-state index contributed by atoms with van der Waals surface area (Å²) >= 11 is 0. The third kappa shape index (κ3) is 3.98. The summed E-state index contributed by atoms with van der Waals surface area (Å²) in [6.45, 7) is 2.15. The zero-order valence-corrected chi connectivity index (χ0v) is 15.5. The predicted octanol–water partition coefficient (Wildman–Crippen LogP) is 2.38. The van der Waals surface area contributed by atoms with Gasteiger partial charge in [0.2, 0.25) is 5.91 Å². The van der Waals surface area contributed by atoms with Gasteiger partial charge in [0.05, 0.1) is 18.1 Å². The van der Waals surface area contributed by atoms with Crippen LogP contribution >= 0.6 is 0 Å². The molecule has 1 aliphatic rings. The number of rotatable bonds is 5. The van der Waals surface area contributed by atoms with Crippen LogP contribution in [0.25, 0.3) is 5.69 Å². The molecule has 1 aliphatic heterocycles. The number of furan rings is 1. The normalized spacial score (nSPS) is 14.3. The molecule has 0 atom stereocenters. The molecule has 0 bridgehead atoms. The number of benzene rings is 1. The van der Waals surface area contributed by atoms with Gasteiger partial charge in [-0.1, -0.05) is 18.2 Å². The quantitative estimate of drug-likeness (QED) is 0.683. The van der Waals surface area contributed by atoms with Crippen molar-refractivity contribution < 1.29 is 14.0 Å². The first-order valence-electron chi connectivity index (χ1n) is 9.40. The zero-order valence-electron chi connectivity index (χ0n) is 15.5. The summed E-state index contributed by atoms with van der Waals surface area (Å²) in [5.74, 6) is 0.332. The minimum absolute atomic E-state index is 0.109. The van der Waals surface area contributed by atoms with E-state index in [0.717, 1.165) is 11.3 Å². The van der Waals surface area contributed by atoms with Crippen molar-refractivity contribution in [2.45, 2.75) is 12.8 Å². The Balaban J connectivity index is 1.26. The van der Waals surface area contributed by atoms with Crippen molar-refractivity contribution in [1.82, 2.24) is 19.6 Å². The SMILES string of the molecule is O=C(CCc1cnn(-c2ccccc2)c1)N1CCN(C(=O)c2ccco2)CC1. The van der Waals surface area contributed by atoms with Crippen molar-refractivity contribution >= 4 is 11.8 Å². The van der Waals surface area contributed by atoms with Crippen LogP contribution in [-0.2, 0) is 11.2 Å². The highest BCUT2D eigenvalue weighted by molar-refractivity contribution is 5.91.